The monoisotopic (exact) mass is 354 g/mol. The Morgan fingerprint density at radius 2 is 1.62 bits per heavy atom. The molecule has 2 amide bonds. The van der Waals surface area contributed by atoms with Crippen LogP contribution in [0.25, 0.3) is 0 Å². The zero-order chi connectivity index (χ0) is 18.8. The maximum atomic E-state index is 12.1. The number of rotatable bonds is 9. The van der Waals surface area contributed by atoms with Crippen molar-refractivity contribution >= 4 is 23.2 Å². The van der Waals surface area contributed by atoms with Crippen LogP contribution in [0.3, 0.4) is 0 Å². The first kappa shape index (κ1) is 19.5. The van der Waals surface area contributed by atoms with Gasteiger partial charge in [-0.05, 0) is 43.2 Å². The van der Waals surface area contributed by atoms with Gasteiger partial charge in [0.2, 0.25) is 5.91 Å². The molecule has 0 aliphatic rings. The normalized spacial score (nSPS) is 10.2. The van der Waals surface area contributed by atoms with E-state index < -0.39 is 0 Å². The van der Waals surface area contributed by atoms with Gasteiger partial charge < -0.3 is 15.4 Å². The molecule has 0 aliphatic carbocycles. The predicted octanol–water partition coefficient (Wildman–Crippen LogP) is 4.53. The first-order valence-electron chi connectivity index (χ1n) is 8.96. The van der Waals surface area contributed by atoms with Crippen LogP contribution < -0.4 is 15.4 Å². The molecule has 0 spiro atoms. The fourth-order valence-corrected chi connectivity index (χ4v) is 2.49. The first-order chi connectivity index (χ1) is 12.6. The minimum Gasteiger partial charge on any atom is -0.483 e. The molecule has 138 valence electrons. The third-order valence-corrected chi connectivity index (χ3v) is 3.89. The van der Waals surface area contributed by atoms with E-state index >= 15 is 0 Å². The molecular formula is C21H26N2O3. The highest BCUT2D eigenvalue weighted by molar-refractivity contribution is 5.94. The molecule has 0 bridgehead atoms. The van der Waals surface area contributed by atoms with Crippen molar-refractivity contribution in [2.45, 2.75) is 39.5 Å². The summed E-state index contributed by atoms with van der Waals surface area (Å²) < 4.78 is 5.54. The van der Waals surface area contributed by atoms with Crippen molar-refractivity contribution in [3.05, 3.63) is 54.1 Å². The third-order valence-electron chi connectivity index (χ3n) is 3.89. The average molecular weight is 354 g/mol. The maximum Gasteiger partial charge on any atom is 0.262 e. The fraction of sp³-hybridized carbons (Fsp3) is 0.333. The second-order valence-corrected chi connectivity index (χ2v) is 6.19. The van der Waals surface area contributed by atoms with Crippen LogP contribution >= 0.6 is 0 Å². The Kier molecular flexibility index (Phi) is 7.68. The van der Waals surface area contributed by atoms with Crippen LogP contribution in [0.1, 0.15) is 38.2 Å². The molecular weight excluding hydrogens is 328 g/mol. The van der Waals surface area contributed by atoms with Crippen molar-refractivity contribution in [2.24, 2.45) is 0 Å². The quantitative estimate of drug-likeness (QED) is 0.650. The number of anilines is 2. The molecule has 2 rings (SSSR count). The van der Waals surface area contributed by atoms with Crippen molar-refractivity contribution < 1.29 is 14.3 Å². The van der Waals surface area contributed by atoms with Gasteiger partial charge >= 0.3 is 0 Å². The van der Waals surface area contributed by atoms with E-state index in [1.165, 1.54) is 0 Å². The minimum atomic E-state index is -0.250. The largest absolute Gasteiger partial charge is 0.483 e. The topological polar surface area (TPSA) is 67.4 Å². The van der Waals surface area contributed by atoms with E-state index in [0.717, 1.165) is 24.8 Å². The summed E-state index contributed by atoms with van der Waals surface area (Å²) in [5, 5.41) is 5.64. The van der Waals surface area contributed by atoms with E-state index in [1.807, 2.05) is 31.2 Å². The Labute approximate surface area is 154 Å². The number of benzene rings is 2. The highest BCUT2D eigenvalue weighted by Gasteiger charge is 2.07. The van der Waals surface area contributed by atoms with Gasteiger partial charge in [0, 0.05) is 17.8 Å². The summed E-state index contributed by atoms with van der Waals surface area (Å²) in [5.41, 5.74) is 2.27. The molecule has 5 nitrogen and oxygen atoms in total. The number of nitrogens with one attached hydrogen (secondary N) is 2. The Morgan fingerprint density at radius 1 is 0.923 bits per heavy atom. The lowest BCUT2D eigenvalue weighted by Crippen LogP contribution is -2.20. The molecule has 0 aromatic heterocycles. The van der Waals surface area contributed by atoms with Crippen LogP contribution in [0, 0.1) is 6.92 Å². The number of hydrogen-bond donors (Lipinski definition) is 2. The fourth-order valence-electron chi connectivity index (χ4n) is 2.49. The molecule has 2 aromatic rings. The Balaban J connectivity index is 1.84. The molecule has 2 N–H and O–H groups in total. The summed E-state index contributed by atoms with van der Waals surface area (Å²) in [5.74, 6) is 0.431. The van der Waals surface area contributed by atoms with Gasteiger partial charge in [-0.3, -0.25) is 9.59 Å². The second kappa shape index (κ2) is 10.2. The highest BCUT2D eigenvalue weighted by atomic mass is 16.5. The van der Waals surface area contributed by atoms with Gasteiger partial charge in [-0.1, -0.05) is 44.0 Å². The van der Waals surface area contributed by atoms with E-state index in [9.17, 15) is 9.59 Å². The molecule has 0 aliphatic heterocycles. The molecule has 0 saturated carbocycles. The first-order valence-corrected chi connectivity index (χ1v) is 8.96. The summed E-state index contributed by atoms with van der Waals surface area (Å²) in [6.45, 7) is 3.96. The molecule has 0 saturated heterocycles. The van der Waals surface area contributed by atoms with Gasteiger partial charge in [-0.25, -0.2) is 0 Å². The molecule has 0 fully saturated rings. The number of unbranched alkanes of at least 4 members (excludes halogenated alkanes) is 2. The zero-order valence-electron chi connectivity index (χ0n) is 15.4. The van der Waals surface area contributed by atoms with Crippen LogP contribution in [0.4, 0.5) is 11.4 Å². The number of aryl methyl sites for hydroxylation is 1. The smallest absolute Gasteiger partial charge is 0.262 e. The van der Waals surface area contributed by atoms with Crippen LogP contribution in [-0.4, -0.2) is 18.4 Å². The Bertz CT molecular complexity index is 744. The van der Waals surface area contributed by atoms with Gasteiger partial charge in [-0.2, -0.15) is 0 Å². The van der Waals surface area contributed by atoms with E-state index in [4.69, 9.17) is 4.74 Å². The van der Waals surface area contributed by atoms with Crippen LogP contribution in [0.15, 0.2) is 48.5 Å². The predicted molar refractivity (Wildman–Crippen MR) is 105 cm³/mol. The van der Waals surface area contributed by atoms with Gasteiger partial charge in [0.1, 0.15) is 5.75 Å². The van der Waals surface area contributed by atoms with Crippen LogP contribution in [0.2, 0.25) is 0 Å². The van der Waals surface area contributed by atoms with E-state index in [1.54, 1.807) is 24.3 Å². The van der Waals surface area contributed by atoms with Crippen molar-refractivity contribution in [1.29, 1.82) is 0 Å². The summed E-state index contributed by atoms with van der Waals surface area (Å²) in [7, 11) is 0. The summed E-state index contributed by atoms with van der Waals surface area (Å²) in [6, 6.07) is 14.7. The molecule has 0 atom stereocenters. The maximum absolute atomic E-state index is 12.1. The molecule has 0 unspecified atom stereocenters. The van der Waals surface area contributed by atoms with Gasteiger partial charge in [0.05, 0.1) is 0 Å². The third kappa shape index (κ3) is 6.59. The van der Waals surface area contributed by atoms with Crippen LogP contribution in [0.5, 0.6) is 5.75 Å². The second-order valence-electron chi connectivity index (χ2n) is 6.19. The van der Waals surface area contributed by atoms with Gasteiger partial charge in [0.15, 0.2) is 6.61 Å². The lowest BCUT2D eigenvalue weighted by molar-refractivity contribution is -0.118. The Morgan fingerprint density at radius 3 is 2.31 bits per heavy atom. The molecule has 0 heterocycles. The SMILES string of the molecule is CCCCCC(=O)Nc1cccc(NC(=O)COc2ccccc2C)c1. The standard InChI is InChI=1S/C21H26N2O3/c1-3-4-5-13-20(24)22-17-10-8-11-18(14-17)23-21(25)15-26-19-12-7-6-9-16(19)2/h6-12,14H,3-5,13,15H2,1-2H3,(H,22,24)(H,23,25). The molecule has 26 heavy (non-hydrogen) atoms. The number of amides is 2. The zero-order valence-corrected chi connectivity index (χ0v) is 15.4. The molecule has 0 radical (unpaired) electrons. The van der Waals surface area contributed by atoms with E-state index in [-0.39, 0.29) is 18.4 Å². The highest BCUT2D eigenvalue weighted by Crippen LogP contribution is 2.17. The average Bonchev–Trinajstić information content (AvgIpc) is 2.61. The van der Waals surface area contributed by atoms with Gasteiger partial charge in [0.25, 0.3) is 5.91 Å². The summed E-state index contributed by atoms with van der Waals surface area (Å²) >= 11 is 0. The number of carbonyl (C=O) groups excluding carboxylic acids is 2. The number of hydrogen-bond acceptors (Lipinski definition) is 3. The van der Waals surface area contributed by atoms with Crippen molar-refractivity contribution in [3.63, 3.8) is 0 Å². The number of carbonyl (C=O) groups is 2. The molecule has 5 heteroatoms. The molecule has 2 aromatic carbocycles. The van der Waals surface area contributed by atoms with E-state index in [0.29, 0.717) is 23.5 Å². The lowest BCUT2D eigenvalue weighted by atomic mass is 10.2. The summed E-state index contributed by atoms with van der Waals surface area (Å²) in [4.78, 5) is 24.0. The number of ether oxygens (including phenoxy) is 1. The van der Waals surface area contributed by atoms with Crippen molar-refractivity contribution in [3.8, 4) is 5.75 Å². The van der Waals surface area contributed by atoms with Gasteiger partial charge in [-0.15, -0.1) is 0 Å². The number of para-hydroxylation sites is 1. The van der Waals surface area contributed by atoms with Crippen LogP contribution in [-0.2, 0) is 9.59 Å². The summed E-state index contributed by atoms with van der Waals surface area (Å²) in [6.07, 6.45) is 3.52. The Hall–Kier alpha value is -2.82. The minimum absolute atomic E-state index is 0.00943. The van der Waals surface area contributed by atoms with E-state index in [2.05, 4.69) is 17.6 Å². The van der Waals surface area contributed by atoms with Crippen molar-refractivity contribution in [2.75, 3.05) is 17.2 Å². The lowest BCUT2D eigenvalue weighted by Gasteiger charge is -2.11. The van der Waals surface area contributed by atoms with Crippen molar-refractivity contribution in [1.82, 2.24) is 0 Å².